The van der Waals surface area contributed by atoms with Gasteiger partial charge in [-0.3, -0.25) is 5.10 Å². The smallest absolute Gasteiger partial charge is 0.192 e. The molecule has 2 aromatic heterocycles. The summed E-state index contributed by atoms with van der Waals surface area (Å²) >= 11 is 1.59. The minimum Gasteiger partial charge on any atom is -0.265 e. The average molecular weight is 166 g/mol. The molecule has 0 spiro atoms. The number of nitrogens with one attached hydrogen (secondary N) is 1. The van der Waals surface area contributed by atoms with E-state index in [-0.39, 0.29) is 0 Å². The molecule has 0 radical (unpaired) electrons. The van der Waals surface area contributed by atoms with Gasteiger partial charge in [-0.25, -0.2) is 9.97 Å². The molecule has 0 amide bonds. The molecule has 0 aliphatic carbocycles. The monoisotopic (exact) mass is 166 g/mol. The van der Waals surface area contributed by atoms with Gasteiger partial charge in [0.2, 0.25) is 0 Å². The molecular weight excluding hydrogens is 160 g/mol. The Morgan fingerprint density at radius 2 is 2.36 bits per heavy atom. The molecule has 0 aromatic carbocycles. The molecule has 0 fully saturated rings. The number of nitrogens with zero attached hydrogens (tertiary/aromatic N) is 3. The lowest BCUT2D eigenvalue weighted by molar-refractivity contribution is 1.10. The second-order valence-electron chi connectivity index (χ2n) is 2.07. The fraction of sp³-hybridized carbons (Fsp3) is 0.167. The van der Waals surface area contributed by atoms with Crippen molar-refractivity contribution in [1.29, 1.82) is 0 Å². The molecule has 2 rings (SSSR count). The van der Waals surface area contributed by atoms with E-state index in [1.807, 2.05) is 6.92 Å². The van der Waals surface area contributed by atoms with Crippen molar-refractivity contribution < 1.29 is 0 Å². The van der Waals surface area contributed by atoms with Gasteiger partial charge in [0.1, 0.15) is 6.33 Å². The molecule has 0 unspecified atom stereocenters. The van der Waals surface area contributed by atoms with Crippen LogP contribution in [0.25, 0.3) is 10.7 Å². The molecule has 11 heavy (non-hydrogen) atoms. The summed E-state index contributed by atoms with van der Waals surface area (Å²) in [5.74, 6) is 0.718. The Labute approximate surface area is 67.3 Å². The highest BCUT2D eigenvalue weighted by molar-refractivity contribution is 7.14. The fourth-order valence-electron chi connectivity index (χ4n) is 0.792. The van der Waals surface area contributed by atoms with Gasteiger partial charge in [-0.15, -0.1) is 11.3 Å². The summed E-state index contributed by atoms with van der Waals surface area (Å²) < 4.78 is 0. The summed E-state index contributed by atoms with van der Waals surface area (Å²) in [5.41, 5.74) is 0. The lowest BCUT2D eigenvalue weighted by Crippen LogP contribution is -1.73. The standard InChI is InChI=1S/C6H6N4S/c1-4-7-2-5(11-4)6-8-3-9-10-6/h2-3H,1H3,(H,8,9,10). The van der Waals surface area contributed by atoms with Crippen molar-refractivity contribution in [2.45, 2.75) is 6.92 Å². The van der Waals surface area contributed by atoms with Crippen LogP contribution in [0, 0.1) is 6.92 Å². The second kappa shape index (κ2) is 2.43. The van der Waals surface area contributed by atoms with Crippen molar-refractivity contribution in [1.82, 2.24) is 20.2 Å². The molecule has 5 heteroatoms. The third-order valence-electron chi connectivity index (χ3n) is 1.26. The Bertz CT molecular complexity index is 337. The molecule has 2 aromatic rings. The van der Waals surface area contributed by atoms with E-state index in [1.165, 1.54) is 0 Å². The van der Waals surface area contributed by atoms with E-state index in [9.17, 15) is 0 Å². The number of hydrogen-bond donors (Lipinski definition) is 1. The van der Waals surface area contributed by atoms with Crippen LogP contribution >= 0.6 is 11.3 Å². The van der Waals surface area contributed by atoms with E-state index in [1.54, 1.807) is 23.9 Å². The van der Waals surface area contributed by atoms with Crippen molar-refractivity contribution in [2.24, 2.45) is 0 Å². The quantitative estimate of drug-likeness (QED) is 0.693. The number of rotatable bonds is 1. The van der Waals surface area contributed by atoms with Crippen molar-refractivity contribution >= 4 is 11.3 Å². The minimum atomic E-state index is 0.718. The zero-order chi connectivity index (χ0) is 7.68. The maximum Gasteiger partial charge on any atom is 0.192 e. The van der Waals surface area contributed by atoms with Crippen LogP contribution in [0.15, 0.2) is 12.5 Å². The van der Waals surface area contributed by atoms with E-state index >= 15 is 0 Å². The maximum absolute atomic E-state index is 4.10. The number of aromatic nitrogens is 4. The summed E-state index contributed by atoms with van der Waals surface area (Å²) in [6.07, 6.45) is 3.34. The van der Waals surface area contributed by atoms with Gasteiger partial charge in [-0.2, -0.15) is 5.10 Å². The second-order valence-corrected chi connectivity index (χ2v) is 3.30. The van der Waals surface area contributed by atoms with Crippen LogP contribution in [-0.4, -0.2) is 20.2 Å². The number of thiazole rings is 1. The van der Waals surface area contributed by atoms with Gasteiger partial charge in [0.15, 0.2) is 5.82 Å². The molecule has 0 saturated carbocycles. The highest BCUT2D eigenvalue weighted by Gasteiger charge is 2.03. The molecule has 0 saturated heterocycles. The molecule has 0 bridgehead atoms. The number of hydrogen-bond acceptors (Lipinski definition) is 4. The van der Waals surface area contributed by atoms with E-state index in [0.717, 1.165) is 15.7 Å². The Hall–Kier alpha value is -1.23. The highest BCUT2D eigenvalue weighted by atomic mass is 32.1. The van der Waals surface area contributed by atoms with Gasteiger partial charge in [-0.1, -0.05) is 0 Å². The number of aryl methyl sites for hydroxylation is 1. The third kappa shape index (κ3) is 1.14. The molecule has 0 aliphatic rings. The zero-order valence-electron chi connectivity index (χ0n) is 5.90. The lowest BCUT2D eigenvalue weighted by atomic mass is 10.5. The normalized spacial score (nSPS) is 10.3. The summed E-state index contributed by atoms with van der Waals surface area (Å²) in [6.45, 7) is 1.96. The van der Waals surface area contributed by atoms with Gasteiger partial charge in [0.05, 0.1) is 9.88 Å². The number of H-pyrrole nitrogens is 1. The first kappa shape index (κ1) is 6.48. The van der Waals surface area contributed by atoms with Gasteiger partial charge in [0, 0.05) is 6.20 Å². The maximum atomic E-state index is 4.10. The Balaban J connectivity index is 2.45. The van der Waals surface area contributed by atoms with Crippen LogP contribution < -0.4 is 0 Å². The van der Waals surface area contributed by atoms with Gasteiger partial charge < -0.3 is 0 Å². The van der Waals surface area contributed by atoms with Crippen LogP contribution in [0.3, 0.4) is 0 Å². The summed E-state index contributed by atoms with van der Waals surface area (Å²) in [6, 6.07) is 0. The first-order valence-corrected chi connectivity index (χ1v) is 3.96. The van der Waals surface area contributed by atoms with Gasteiger partial charge in [0.25, 0.3) is 0 Å². The molecule has 2 heterocycles. The fourth-order valence-corrected chi connectivity index (χ4v) is 1.51. The van der Waals surface area contributed by atoms with E-state index in [4.69, 9.17) is 0 Å². The predicted octanol–water partition coefficient (Wildman–Crippen LogP) is 1.24. The van der Waals surface area contributed by atoms with Crippen LogP contribution in [0.1, 0.15) is 5.01 Å². The van der Waals surface area contributed by atoms with Gasteiger partial charge in [-0.05, 0) is 6.92 Å². The summed E-state index contributed by atoms with van der Waals surface area (Å²) in [4.78, 5) is 9.10. The largest absolute Gasteiger partial charge is 0.265 e. The SMILES string of the molecule is Cc1ncc(-c2nc[nH]n2)s1. The first-order valence-electron chi connectivity index (χ1n) is 3.15. The lowest BCUT2D eigenvalue weighted by Gasteiger charge is -1.81. The Kier molecular flexibility index (Phi) is 1.43. The predicted molar refractivity (Wildman–Crippen MR) is 42.2 cm³/mol. The molecule has 1 N–H and O–H groups in total. The van der Waals surface area contributed by atoms with E-state index < -0.39 is 0 Å². The topological polar surface area (TPSA) is 54.5 Å². The highest BCUT2D eigenvalue weighted by Crippen LogP contribution is 2.20. The molecule has 0 atom stereocenters. The van der Waals surface area contributed by atoms with Crippen LogP contribution in [0.5, 0.6) is 0 Å². The van der Waals surface area contributed by atoms with Crippen molar-refractivity contribution in [2.75, 3.05) is 0 Å². The van der Waals surface area contributed by atoms with Crippen LogP contribution in [0.4, 0.5) is 0 Å². The van der Waals surface area contributed by atoms with Gasteiger partial charge >= 0.3 is 0 Å². The third-order valence-corrected chi connectivity index (χ3v) is 2.17. The minimum absolute atomic E-state index is 0.718. The Morgan fingerprint density at radius 1 is 1.45 bits per heavy atom. The molecule has 0 aliphatic heterocycles. The Morgan fingerprint density at radius 3 is 2.91 bits per heavy atom. The average Bonchev–Trinajstić information content (AvgIpc) is 2.55. The summed E-state index contributed by atoms with van der Waals surface area (Å²) in [5, 5.41) is 7.62. The van der Waals surface area contributed by atoms with Crippen molar-refractivity contribution in [3.63, 3.8) is 0 Å². The molecule has 4 nitrogen and oxygen atoms in total. The van der Waals surface area contributed by atoms with Crippen molar-refractivity contribution in [3.05, 3.63) is 17.5 Å². The molecule has 56 valence electrons. The van der Waals surface area contributed by atoms with Crippen LogP contribution in [-0.2, 0) is 0 Å². The van der Waals surface area contributed by atoms with Crippen molar-refractivity contribution in [3.8, 4) is 10.7 Å². The summed E-state index contributed by atoms with van der Waals surface area (Å²) in [7, 11) is 0. The van der Waals surface area contributed by atoms with E-state index in [0.29, 0.717) is 0 Å². The first-order chi connectivity index (χ1) is 5.36. The van der Waals surface area contributed by atoms with E-state index in [2.05, 4.69) is 20.2 Å². The zero-order valence-corrected chi connectivity index (χ0v) is 6.72. The number of aromatic amines is 1. The molecular formula is C6H6N4S. The van der Waals surface area contributed by atoms with Crippen LogP contribution in [0.2, 0.25) is 0 Å².